The van der Waals surface area contributed by atoms with Crippen molar-refractivity contribution in [2.75, 3.05) is 5.75 Å². The summed E-state index contributed by atoms with van der Waals surface area (Å²) < 4.78 is 0. The third-order valence-corrected chi connectivity index (χ3v) is 3.85. The minimum Gasteiger partial charge on any atom is -0.293 e. The number of ketones is 1. The zero-order valence-electron chi connectivity index (χ0n) is 10.7. The SMILES string of the molecule is N#CSCC(=O)c1c2ccccc2cc2ccccc12. The molecule has 0 fully saturated rings. The second kappa shape index (κ2) is 5.36. The average Bonchev–Trinajstić information content (AvgIpc) is 2.50. The molecule has 2 nitrogen and oxygen atoms in total. The van der Waals surface area contributed by atoms with Gasteiger partial charge in [0.2, 0.25) is 0 Å². The number of hydrogen-bond donors (Lipinski definition) is 0. The molecule has 0 radical (unpaired) electrons. The van der Waals surface area contributed by atoms with Crippen molar-refractivity contribution in [1.29, 1.82) is 5.26 Å². The van der Waals surface area contributed by atoms with E-state index in [2.05, 4.69) is 6.07 Å². The first-order valence-electron chi connectivity index (χ1n) is 6.26. The molecule has 0 saturated heterocycles. The van der Waals surface area contributed by atoms with Crippen molar-refractivity contribution in [1.82, 2.24) is 0 Å². The smallest absolute Gasteiger partial charge is 0.175 e. The Kier molecular flexibility index (Phi) is 3.41. The molecule has 0 aliphatic carbocycles. The van der Waals surface area contributed by atoms with Crippen LogP contribution in [0.15, 0.2) is 54.6 Å². The van der Waals surface area contributed by atoms with Gasteiger partial charge in [-0.2, -0.15) is 5.26 Å². The van der Waals surface area contributed by atoms with Gasteiger partial charge in [-0.05, 0) is 39.4 Å². The summed E-state index contributed by atoms with van der Waals surface area (Å²) >= 11 is 0.984. The molecular formula is C17H11NOS. The minimum atomic E-state index is 0.00421. The Labute approximate surface area is 121 Å². The number of thioether (sulfide) groups is 1. The molecule has 0 aromatic heterocycles. The van der Waals surface area contributed by atoms with Gasteiger partial charge in [0.15, 0.2) is 5.78 Å². The molecule has 3 aromatic carbocycles. The van der Waals surface area contributed by atoms with E-state index < -0.39 is 0 Å². The molecule has 0 atom stereocenters. The number of thiocyanates is 1. The van der Waals surface area contributed by atoms with Crippen molar-refractivity contribution in [2.45, 2.75) is 0 Å². The number of nitriles is 1. The standard InChI is InChI=1S/C17H11NOS/c18-11-20-10-16(19)17-14-7-3-1-5-12(14)9-13-6-2-4-8-15(13)17/h1-9H,10H2. The molecule has 96 valence electrons. The van der Waals surface area contributed by atoms with Gasteiger partial charge in [-0.25, -0.2) is 0 Å². The lowest BCUT2D eigenvalue weighted by Gasteiger charge is -2.09. The van der Waals surface area contributed by atoms with Crippen LogP contribution in [0.5, 0.6) is 0 Å². The van der Waals surface area contributed by atoms with E-state index in [1.165, 1.54) is 0 Å². The van der Waals surface area contributed by atoms with Crippen LogP contribution in [-0.4, -0.2) is 11.5 Å². The summed E-state index contributed by atoms with van der Waals surface area (Å²) in [5.41, 5.74) is 0.724. The Morgan fingerprint density at radius 2 is 1.55 bits per heavy atom. The van der Waals surface area contributed by atoms with E-state index >= 15 is 0 Å². The lowest BCUT2D eigenvalue weighted by Crippen LogP contribution is -2.04. The predicted octanol–water partition coefficient (Wildman–Crippen LogP) is 4.39. The Hall–Kier alpha value is -2.31. The Bertz CT molecular complexity index is 794. The fourth-order valence-electron chi connectivity index (χ4n) is 2.48. The summed E-state index contributed by atoms with van der Waals surface area (Å²) in [5.74, 6) is 0.193. The Morgan fingerprint density at radius 3 is 2.10 bits per heavy atom. The number of nitrogens with zero attached hydrogens (tertiary/aromatic N) is 1. The van der Waals surface area contributed by atoms with Crippen LogP contribution in [-0.2, 0) is 0 Å². The molecule has 3 aromatic rings. The van der Waals surface area contributed by atoms with Crippen LogP contribution in [0.1, 0.15) is 10.4 Å². The number of carbonyl (C=O) groups is 1. The normalized spacial score (nSPS) is 10.6. The van der Waals surface area contributed by atoms with E-state index in [9.17, 15) is 4.79 Å². The lowest BCUT2D eigenvalue weighted by atomic mass is 9.95. The van der Waals surface area contributed by atoms with Crippen LogP contribution in [0.4, 0.5) is 0 Å². The van der Waals surface area contributed by atoms with E-state index in [1.54, 1.807) is 0 Å². The molecular weight excluding hydrogens is 266 g/mol. The number of rotatable bonds is 3. The molecule has 0 aliphatic rings. The van der Waals surface area contributed by atoms with Crippen LogP contribution in [0.25, 0.3) is 21.5 Å². The maximum Gasteiger partial charge on any atom is 0.175 e. The molecule has 20 heavy (non-hydrogen) atoms. The fraction of sp³-hybridized carbons (Fsp3) is 0.0588. The minimum absolute atomic E-state index is 0.00421. The molecule has 0 saturated carbocycles. The van der Waals surface area contributed by atoms with Crippen LogP contribution in [0, 0.1) is 10.7 Å². The first-order chi connectivity index (χ1) is 9.81. The molecule has 3 heteroatoms. The van der Waals surface area contributed by atoms with Crippen LogP contribution in [0.2, 0.25) is 0 Å². The third-order valence-electron chi connectivity index (χ3n) is 3.32. The van der Waals surface area contributed by atoms with Crippen LogP contribution in [0.3, 0.4) is 0 Å². The maximum atomic E-state index is 12.5. The van der Waals surface area contributed by atoms with Gasteiger partial charge in [0.05, 0.1) is 5.75 Å². The fourth-order valence-corrected chi connectivity index (χ4v) is 2.82. The van der Waals surface area contributed by atoms with Gasteiger partial charge >= 0.3 is 0 Å². The number of benzene rings is 3. The van der Waals surface area contributed by atoms with Gasteiger partial charge in [0.1, 0.15) is 5.40 Å². The predicted molar refractivity (Wildman–Crippen MR) is 83.9 cm³/mol. The first kappa shape index (κ1) is 12.7. The summed E-state index contributed by atoms with van der Waals surface area (Å²) in [6.45, 7) is 0. The Morgan fingerprint density at radius 1 is 1.00 bits per heavy atom. The van der Waals surface area contributed by atoms with Gasteiger partial charge < -0.3 is 0 Å². The highest BCUT2D eigenvalue weighted by Crippen LogP contribution is 2.29. The van der Waals surface area contributed by atoms with E-state index in [0.717, 1.165) is 38.9 Å². The molecule has 0 N–H and O–H groups in total. The van der Waals surface area contributed by atoms with E-state index in [4.69, 9.17) is 5.26 Å². The number of hydrogen-bond acceptors (Lipinski definition) is 3. The molecule has 0 spiro atoms. The summed E-state index contributed by atoms with van der Waals surface area (Å²) in [7, 11) is 0. The quantitative estimate of drug-likeness (QED) is 0.405. The first-order valence-corrected chi connectivity index (χ1v) is 7.24. The molecule has 3 rings (SSSR count). The van der Waals surface area contributed by atoms with Crippen LogP contribution < -0.4 is 0 Å². The monoisotopic (exact) mass is 277 g/mol. The topological polar surface area (TPSA) is 40.9 Å². The van der Waals surface area contributed by atoms with Gasteiger partial charge in [-0.15, -0.1) is 0 Å². The highest BCUT2D eigenvalue weighted by Gasteiger charge is 2.14. The number of carbonyl (C=O) groups excluding carboxylic acids is 1. The maximum absolute atomic E-state index is 12.5. The largest absolute Gasteiger partial charge is 0.293 e. The molecule has 0 aliphatic heterocycles. The summed E-state index contributed by atoms with van der Waals surface area (Å²) in [4.78, 5) is 12.5. The van der Waals surface area contributed by atoms with Crippen LogP contribution >= 0.6 is 11.8 Å². The second-order valence-corrected chi connectivity index (χ2v) is 5.26. The van der Waals surface area contributed by atoms with Crippen molar-refractivity contribution >= 4 is 39.1 Å². The van der Waals surface area contributed by atoms with Crippen molar-refractivity contribution < 1.29 is 4.79 Å². The van der Waals surface area contributed by atoms with E-state index in [1.807, 2.05) is 53.9 Å². The molecule has 0 bridgehead atoms. The Balaban J connectivity index is 2.34. The molecule has 0 heterocycles. The lowest BCUT2D eigenvalue weighted by molar-refractivity contribution is 0.102. The van der Waals surface area contributed by atoms with Crippen molar-refractivity contribution in [3.05, 3.63) is 60.2 Å². The van der Waals surface area contributed by atoms with E-state index in [-0.39, 0.29) is 11.5 Å². The van der Waals surface area contributed by atoms with Crippen molar-refractivity contribution in [3.8, 4) is 5.40 Å². The molecule has 0 unspecified atom stereocenters. The summed E-state index contributed by atoms with van der Waals surface area (Å²) in [6.07, 6.45) is 0. The van der Waals surface area contributed by atoms with Crippen molar-refractivity contribution in [2.24, 2.45) is 0 Å². The summed E-state index contributed by atoms with van der Waals surface area (Å²) in [5, 5.41) is 14.6. The number of Topliss-reactive ketones (excluding diaryl/α,β-unsaturated/α-hetero) is 1. The van der Waals surface area contributed by atoms with Gasteiger partial charge in [-0.3, -0.25) is 4.79 Å². The molecule has 0 amide bonds. The van der Waals surface area contributed by atoms with Gasteiger partial charge in [0.25, 0.3) is 0 Å². The highest BCUT2D eigenvalue weighted by molar-refractivity contribution is 8.04. The summed E-state index contributed by atoms with van der Waals surface area (Å²) in [6, 6.07) is 17.9. The number of fused-ring (bicyclic) bond motifs is 2. The van der Waals surface area contributed by atoms with Gasteiger partial charge in [0, 0.05) is 5.56 Å². The van der Waals surface area contributed by atoms with Crippen molar-refractivity contribution in [3.63, 3.8) is 0 Å². The highest BCUT2D eigenvalue weighted by atomic mass is 32.2. The zero-order chi connectivity index (χ0) is 13.9. The van der Waals surface area contributed by atoms with E-state index in [0.29, 0.717) is 0 Å². The van der Waals surface area contributed by atoms with Gasteiger partial charge in [-0.1, -0.05) is 48.5 Å². The third kappa shape index (κ3) is 2.15. The second-order valence-electron chi connectivity index (χ2n) is 4.50. The zero-order valence-corrected chi connectivity index (χ0v) is 11.5. The average molecular weight is 277 g/mol.